The second kappa shape index (κ2) is 5.68. The van der Waals surface area contributed by atoms with E-state index >= 15 is 0 Å². The van der Waals surface area contributed by atoms with Crippen molar-refractivity contribution in [3.63, 3.8) is 0 Å². The number of rotatable bonds is 2. The standard InChI is InChI=1S/C19H27N3O/c1-13-6-7-16-14(10-13)15-11-21(5)9-8-17(15)22(16)12-18(23)20-19(2,3)4/h6-7,10H,8-9,11-12H2,1-5H3,(H,20,23). The molecular weight excluding hydrogens is 286 g/mol. The van der Waals surface area contributed by atoms with Crippen LogP contribution in [0.3, 0.4) is 0 Å². The summed E-state index contributed by atoms with van der Waals surface area (Å²) in [6.07, 6.45) is 1.00. The monoisotopic (exact) mass is 313 g/mol. The molecule has 0 unspecified atom stereocenters. The molecule has 0 bridgehead atoms. The van der Waals surface area contributed by atoms with Gasteiger partial charge in [0.1, 0.15) is 6.54 Å². The summed E-state index contributed by atoms with van der Waals surface area (Å²) in [6.45, 7) is 10.6. The van der Waals surface area contributed by atoms with Gasteiger partial charge in [-0.1, -0.05) is 11.6 Å². The fourth-order valence-electron chi connectivity index (χ4n) is 3.48. The first-order valence-corrected chi connectivity index (χ1v) is 8.35. The zero-order valence-electron chi connectivity index (χ0n) is 14.9. The van der Waals surface area contributed by atoms with Crippen molar-refractivity contribution in [1.29, 1.82) is 0 Å². The fraction of sp³-hybridized carbons (Fsp3) is 0.526. The van der Waals surface area contributed by atoms with Crippen molar-refractivity contribution in [2.45, 2.75) is 52.7 Å². The zero-order valence-corrected chi connectivity index (χ0v) is 14.9. The predicted molar refractivity (Wildman–Crippen MR) is 94.6 cm³/mol. The van der Waals surface area contributed by atoms with Gasteiger partial charge >= 0.3 is 0 Å². The van der Waals surface area contributed by atoms with E-state index in [9.17, 15) is 4.79 Å². The number of nitrogens with one attached hydrogen (secondary N) is 1. The Hall–Kier alpha value is -1.81. The highest BCUT2D eigenvalue weighted by molar-refractivity contribution is 5.88. The number of hydrogen-bond acceptors (Lipinski definition) is 2. The van der Waals surface area contributed by atoms with Crippen molar-refractivity contribution in [2.24, 2.45) is 0 Å². The van der Waals surface area contributed by atoms with E-state index in [1.54, 1.807) is 0 Å². The zero-order chi connectivity index (χ0) is 16.8. The molecule has 4 heteroatoms. The largest absolute Gasteiger partial charge is 0.350 e. The molecule has 0 atom stereocenters. The number of hydrogen-bond donors (Lipinski definition) is 1. The molecule has 1 N–H and O–H groups in total. The minimum absolute atomic E-state index is 0.0803. The summed E-state index contributed by atoms with van der Waals surface area (Å²) in [5.41, 5.74) is 4.97. The number of benzene rings is 1. The molecule has 1 amide bonds. The fourth-order valence-corrected chi connectivity index (χ4v) is 3.48. The van der Waals surface area contributed by atoms with Gasteiger partial charge in [-0.15, -0.1) is 0 Å². The van der Waals surface area contributed by atoms with Gasteiger partial charge in [-0.3, -0.25) is 4.79 Å². The minimum atomic E-state index is -0.198. The number of aryl methyl sites for hydroxylation is 1. The van der Waals surface area contributed by atoms with E-state index in [0.29, 0.717) is 6.54 Å². The Labute approximate surface area is 138 Å². The van der Waals surface area contributed by atoms with Gasteiger partial charge in [-0.25, -0.2) is 0 Å². The van der Waals surface area contributed by atoms with Crippen LogP contribution in [0.5, 0.6) is 0 Å². The molecule has 1 aliphatic rings. The van der Waals surface area contributed by atoms with E-state index in [0.717, 1.165) is 19.5 Å². The lowest BCUT2D eigenvalue weighted by molar-refractivity contribution is -0.123. The van der Waals surface area contributed by atoms with E-state index in [4.69, 9.17) is 0 Å². The maximum Gasteiger partial charge on any atom is 0.240 e. The molecule has 1 aromatic carbocycles. The van der Waals surface area contributed by atoms with Crippen LogP contribution in [0, 0.1) is 6.92 Å². The third kappa shape index (κ3) is 3.27. The molecule has 0 saturated heterocycles. The summed E-state index contributed by atoms with van der Waals surface area (Å²) < 4.78 is 2.22. The Morgan fingerprint density at radius 2 is 2.04 bits per heavy atom. The number of carbonyl (C=O) groups is 1. The van der Waals surface area contributed by atoms with Crippen molar-refractivity contribution < 1.29 is 4.79 Å². The average molecular weight is 313 g/mol. The van der Waals surface area contributed by atoms with Crippen LogP contribution < -0.4 is 5.32 Å². The van der Waals surface area contributed by atoms with Gasteiger partial charge < -0.3 is 14.8 Å². The molecule has 2 aromatic rings. The molecule has 1 aliphatic heterocycles. The number of carbonyl (C=O) groups excluding carboxylic acids is 1. The molecule has 23 heavy (non-hydrogen) atoms. The highest BCUT2D eigenvalue weighted by atomic mass is 16.2. The predicted octanol–water partition coefficient (Wildman–Crippen LogP) is 2.85. The summed E-state index contributed by atoms with van der Waals surface area (Å²) in [7, 11) is 2.16. The molecule has 0 saturated carbocycles. The first-order valence-electron chi connectivity index (χ1n) is 8.35. The lowest BCUT2D eigenvalue weighted by atomic mass is 10.0. The normalized spacial score (nSPS) is 15.7. The maximum absolute atomic E-state index is 12.4. The first-order chi connectivity index (χ1) is 10.7. The quantitative estimate of drug-likeness (QED) is 0.926. The molecular formula is C19H27N3O. The SMILES string of the molecule is Cc1ccc2c(c1)c1c(n2CC(=O)NC(C)(C)C)CCN(C)C1. The minimum Gasteiger partial charge on any atom is -0.350 e. The first kappa shape index (κ1) is 16.1. The molecule has 2 heterocycles. The van der Waals surface area contributed by atoms with Crippen molar-refractivity contribution in [2.75, 3.05) is 13.6 Å². The second-order valence-corrected chi connectivity index (χ2v) is 7.82. The van der Waals surface area contributed by atoms with Crippen LogP contribution in [0.1, 0.15) is 37.6 Å². The number of fused-ring (bicyclic) bond motifs is 3. The summed E-state index contributed by atoms with van der Waals surface area (Å²) >= 11 is 0. The third-order valence-electron chi connectivity index (χ3n) is 4.42. The van der Waals surface area contributed by atoms with Crippen LogP contribution >= 0.6 is 0 Å². The summed E-state index contributed by atoms with van der Waals surface area (Å²) in [5, 5.41) is 4.38. The Morgan fingerprint density at radius 1 is 1.30 bits per heavy atom. The van der Waals surface area contributed by atoms with Crippen LogP contribution in [0.4, 0.5) is 0 Å². The van der Waals surface area contributed by atoms with Gasteiger partial charge in [-0.05, 0) is 52.4 Å². The van der Waals surface area contributed by atoms with Gasteiger partial charge in [0.05, 0.1) is 0 Å². The lowest BCUT2D eigenvalue weighted by Gasteiger charge is -2.25. The lowest BCUT2D eigenvalue weighted by Crippen LogP contribution is -2.42. The molecule has 0 aliphatic carbocycles. The Bertz CT molecular complexity index is 752. The van der Waals surface area contributed by atoms with Crippen LogP contribution in [0.2, 0.25) is 0 Å². The highest BCUT2D eigenvalue weighted by Crippen LogP contribution is 2.31. The molecule has 0 radical (unpaired) electrons. The van der Waals surface area contributed by atoms with Crippen LogP contribution in [0.15, 0.2) is 18.2 Å². The van der Waals surface area contributed by atoms with Gasteiger partial charge in [-0.2, -0.15) is 0 Å². The van der Waals surface area contributed by atoms with Gasteiger partial charge in [0.2, 0.25) is 5.91 Å². The van der Waals surface area contributed by atoms with E-state index in [2.05, 4.69) is 47.0 Å². The third-order valence-corrected chi connectivity index (χ3v) is 4.42. The van der Waals surface area contributed by atoms with E-state index in [-0.39, 0.29) is 11.4 Å². The average Bonchev–Trinajstić information content (AvgIpc) is 2.70. The Morgan fingerprint density at radius 3 is 2.74 bits per heavy atom. The molecule has 4 nitrogen and oxygen atoms in total. The van der Waals surface area contributed by atoms with Crippen LogP contribution in [-0.4, -0.2) is 34.5 Å². The summed E-state index contributed by atoms with van der Waals surface area (Å²) in [6, 6.07) is 6.55. The Balaban J connectivity index is 2.04. The molecule has 1 aromatic heterocycles. The van der Waals surface area contributed by atoms with Crippen molar-refractivity contribution in [3.05, 3.63) is 35.0 Å². The van der Waals surface area contributed by atoms with Crippen LogP contribution in [-0.2, 0) is 24.3 Å². The van der Waals surface area contributed by atoms with Crippen molar-refractivity contribution >= 4 is 16.8 Å². The summed E-state index contributed by atoms with van der Waals surface area (Å²) in [5.74, 6) is 0.0803. The van der Waals surface area contributed by atoms with Gasteiger partial charge in [0, 0.05) is 41.6 Å². The second-order valence-electron chi connectivity index (χ2n) is 7.82. The van der Waals surface area contributed by atoms with Crippen LogP contribution in [0.25, 0.3) is 10.9 Å². The topological polar surface area (TPSA) is 37.3 Å². The van der Waals surface area contributed by atoms with E-state index < -0.39 is 0 Å². The molecule has 0 spiro atoms. The molecule has 3 rings (SSSR count). The molecule has 0 fully saturated rings. The summed E-state index contributed by atoms with van der Waals surface area (Å²) in [4.78, 5) is 14.8. The van der Waals surface area contributed by atoms with Gasteiger partial charge in [0.25, 0.3) is 0 Å². The molecule has 124 valence electrons. The van der Waals surface area contributed by atoms with E-state index in [1.165, 1.54) is 27.7 Å². The maximum atomic E-state index is 12.4. The number of likely N-dealkylation sites (N-methyl/N-ethyl adjacent to an activating group) is 1. The Kier molecular flexibility index (Phi) is 3.96. The smallest absolute Gasteiger partial charge is 0.240 e. The number of amides is 1. The van der Waals surface area contributed by atoms with Crippen molar-refractivity contribution in [1.82, 2.24) is 14.8 Å². The van der Waals surface area contributed by atoms with Crippen molar-refractivity contribution in [3.8, 4) is 0 Å². The van der Waals surface area contributed by atoms with E-state index in [1.807, 2.05) is 20.8 Å². The number of nitrogens with zero attached hydrogens (tertiary/aromatic N) is 2. The number of aromatic nitrogens is 1. The highest BCUT2D eigenvalue weighted by Gasteiger charge is 2.24. The van der Waals surface area contributed by atoms with Gasteiger partial charge in [0.15, 0.2) is 0 Å².